The van der Waals surface area contributed by atoms with Gasteiger partial charge in [-0.1, -0.05) is 11.6 Å². The highest BCUT2D eigenvalue weighted by Crippen LogP contribution is 2.30. The predicted molar refractivity (Wildman–Crippen MR) is 118 cm³/mol. The molecule has 1 saturated heterocycles. The quantitative estimate of drug-likeness (QED) is 0.466. The van der Waals surface area contributed by atoms with E-state index in [1.54, 1.807) is 0 Å². The molecule has 1 aromatic carbocycles. The van der Waals surface area contributed by atoms with Crippen LogP contribution in [0.25, 0.3) is 0 Å². The second-order valence-corrected chi connectivity index (χ2v) is 8.99. The highest BCUT2D eigenvalue weighted by Gasteiger charge is 2.25. The number of nitriles is 1. The van der Waals surface area contributed by atoms with Crippen LogP contribution in [-0.2, 0) is 4.79 Å². The molecule has 1 amide bonds. The van der Waals surface area contributed by atoms with Gasteiger partial charge in [-0.25, -0.2) is 8.78 Å². The minimum absolute atomic E-state index is 0.0652. The number of unbranched alkanes of at least 4 members (excludes halogenated alkanes) is 1. The summed E-state index contributed by atoms with van der Waals surface area (Å²) in [5.74, 6) is -0.660. The topological polar surface area (TPSA) is 59.4 Å². The number of benzene rings is 1. The van der Waals surface area contributed by atoms with Crippen LogP contribution in [0.15, 0.2) is 12.1 Å². The summed E-state index contributed by atoms with van der Waals surface area (Å²) in [6.45, 7) is 4.12. The van der Waals surface area contributed by atoms with Crippen LogP contribution in [0.5, 0.6) is 0 Å². The van der Waals surface area contributed by atoms with E-state index >= 15 is 0 Å². The van der Waals surface area contributed by atoms with Gasteiger partial charge in [-0.2, -0.15) is 5.26 Å². The molecule has 0 spiro atoms. The lowest BCUT2D eigenvalue weighted by atomic mass is 9.84. The van der Waals surface area contributed by atoms with Gasteiger partial charge < -0.3 is 10.2 Å². The van der Waals surface area contributed by atoms with Gasteiger partial charge in [0.05, 0.1) is 11.8 Å². The summed E-state index contributed by atoms with van der Waals surface area (Å²) < 4.78 is 27.6. The summed E-state index contributed by atoms with van der Waals surface area (Å²) in [5, 5.41) is 11.2. The normalized spacial score (nSPS) is 22.2. The summed E-state index contributed by atoms with van der Waals surface area (Å²) in [5.41, 5.74) is 0.374. The molecule has 1 saturated carbocycles. The minimum Gasteiger partial charge on any atom is -0.367 e. The third-order valence-corrected chi connectivity index (χ3v) is 6.83. The molecule has 0 bridgehead atoms. The number of carbonyl (C=O) groups excluding carboxylic acids is 1. The largest absolute Gasteiger partial charge is 0.367 e. The van der Waals surface area contributed by atoms with Crippen molar-refractivity contribution in [2.24, 2.45) is 5.92 Å². The second kappa shape index (κ2) is 11.6. The Morgan fingerprint density at radius 3 is 2.55 bits per heavy atom. The molecule has 8 heteroatoms. The number of hydrogen-bond acceptors (Lipinski definition) is 4. The maximum atomic E-state index is 14.3. The van der Waals surface area contributed by atoms with Crippen LogP contribution in [0.4, 0.5) is 14.5 Å². The Balaban J connectivity index is 1.33. The Kier molecular flexibility index (Phi) is 8.91. The molecule has 1 aliphatic heterocycles. The Bertz CT molecular complexity index is 785. The SMILES string of the molecule is N#CCCCC(=O)NC1CCC(CCN2CCN(c3ccc(F)c(Cl)c3F)CC2)CC1. The van der Waals surface area contributed by atoms with Crippen LogP contribution in [0.3, 0.4) is 0 Å². The first kappa shape index (κ1) is 23.7. The first-order chi connectivity index (χ1) is 15.0. The van der Waals surface area contributed by atoms with Crippen molar-refractivity contribution in [1.29, 1.82) is 5.26 Å². The summed E-state index contributed by atoms with van der Waals surface area (Å²) in [4.78, 5) is 16.2. The standard InChI is InChI=1S/C23H31ClF2N4O/c24-22-19(25)8-9-20(23(22)26)30-15-13-29(14-16-30)12-10-17-4-6-18(7-5-17)28-21(31)3-1-2-11-27/h8-9,17-18H,1-7,10,12-16H2,(H,28,31). The molecule has 5 nitrogen and oxygen atoms in total. The van der Waals surface area contributed by atoms with Gasteiger partial charge in [0, 0.05) is 45.1 Å². The lowest BCUT2D eigenvalue weighted by Crippen LogP contribution is -2.47. The van der Waals surface area contributed by atoms with Crippen LogP contribution in [0.2, 0.25) is 5.02 Å². The monoisotopic (exact) mass is 452 g/mol. The number of anilines is 1. The maximum absolute atomic E-state index is 14.3. The van der Waals surface area contributed by atoms with Gasteiger partial charge in [-0.15, -0.1) is 0 Å². The Labute approximate surface area is 188 Å². The summed E-state index contributed by atoms with van der Waals surface area (Å²) in [6, 6.07) is 5.02. The average Bonchev–Trinajstić information content (AvgIpc) is 2.78. The molecule has 0 radical (unpaired) electrons. The maximum Gasteiger partial charge on any atom is 0.220 e. The Morgan fingerprint density at radius 1 is 1.16 bits per heavy atom. The van der Waals surface area contributed by atoms with Gasteiger partial charge in [-0.05, 0) is 63.1 Å². The molecule has 170 valence electrons. The van der Waals surface area contributed by atoms with Gasteiger partial charge >= 0.3 is 0 Å². The van der Waals surface area contributed by atoms with E-state index in [1.165, 1.54) is 12.1 Å². The van der Waals surface area contributed by atoms with Crippen molar-refractivity contribution in [2.45, 2.75) is 57.4 Å². The summed E-state index contributed by atoms with van der Waals surface area (Å²) >= 11 is 5.71. The average molecular weight is 453 g/mol. The van der Waals surface area contributed by atoms with E-state index in [0.29, 0.717) is 44.0 Å². The molecule has 31 heavy (non-hydrogen) atoms. The van der Waals surface area contributed by atoms with Crippen molar-refractivity contribution in [2.75, 3.05) is 37.6 Å². The molecular formula is C23H31ClF2N4O. The number of piperazine rings is 1. The molecular weight excluding hydrogens is 422 g/mol. The third-order valence-electron chi connectivity index (χ3n) is 6.49. The minimum atomic E-state index is -0.727. The lowest BCUT2D eigenvalue weighted by Gasteiger charge is -2.37. The van der Waals surface area contributed by atoms with Crippen molar-refractivity contribution < 1.29 is 13.6 Å². The molecule has 1 N–H and O–H groups in total. The van der Waals surface area contributed by atoms with Gasteiger partial charge in [0.1, 0.15) is 10.8 Å². The van der Waals surface area contributed by atoms with Crippen LogP contribution >= 0.6 is 11.6 Å². The molecule has 0 aromatic heterocycles. The van der Waals surface area contributed by atoms with E-state index in [4.69, 9.17) is 16.9 Å². The summed E-state index contributed by atoms with van der Waals surface area (Å²) in [6.07, 6.45) is 6.94. The lowest BCUT2D eigenvalue weighted by molar-refractivity contribution is -0.122. The molecule has 1 aliphatic carbocycles. The van der Waals surface area contributed by atoms with E-state index in [0.717, 1.165) is 51.7 Å². The molecule has 3 rings (SSSR count). The van der Waals surface area contributed by atoms with Crippen LogP contribution in [0.1, 0.15) is 51.4 Å². The van der Waals surface area contributed by atoms with E-state index in [-0.39, 0.29) is 11.9 Å². The molecule has 2 fully saturated rings. The number of nitrogens with zero attached hydrogens (tertiary/aromatic N) is 3. The van der Waals surface area contributed by atoms with Crippen LogP contribution in [0, 0.1) is 28.9 Å². The number of halogens is 3. The van der Waals surface area contributed by atoms with E-state index in [9.17, 15) is 13.6 Å². The number of carbonyl (C=O) groups is 1. The van der Waals surface area contributed by atoms with E-state index in [2.05, 4.69) is 16.3 Å². The fourth-order valence-electron chi connectivity index (χ4n) is 4.56. The van der Waals surface area contributed by atoms with Gasteiger partial charge in [0.2, 0.25) is 5.91 Å². The van der Waals surface area contributed by atoms with Crippen molar-refractivity contribution in [3.63, 3.8) is 0 Å². The van der Waals surface area contributed by atoms with Crippen LogP contribution < -0.4 is 10.2 Å². The highest BCUT2D eigenvalue weighted by atomic mass is 35.5. The second-order valence-electron chi connectivity index (χ2n) is 8.61. The molecule has 2 aliphatic rings. The fourth-order valence-corrected chi connectivity index (χ4v) is 4.72. The Hall–Kier alpha value is -1.91. The van der Waals surface area contributed by atoms with Crippen molar-refractivity contribution in [3.8, 4) is 6.07 Å². The third kappa shape index (κ3) is 6.78. The van der Waals surface area contributed by atoms with Gasteiger partial charge in [0.15, 0.2) is 5.82 Å². The predicted octanol–water partition coefficient (Wildman–Crippen LogP) is 4.50. The van der Waals surface area contributed by atoms with Crippen LogP contribution in [-0.4, -0.2) is 49.6 Å². The zero-order chi connectivity index (χ0) is 22.2. The van der Waals surface area contributed by atoms with Crippen molar-refractivity contribution in [1.82, 2.24) is 10.2 Å². The first-order valence-corrected chi connectivity index (χ1v) is 11.6. The first-order valence-electron chi connectivity index (χ1n) is 11.2. The number of hydrogen-bond donors (Lipinski definition) is 1. The van der Waals surface area contributed by atoms with Crippen molar-refractivity contribution in [3.05, 3.63) is 28.8 Å². The Morgan fingerprint density at radius 2 is 1.87 bits per heavy atom. The van der Waals surface area contributed by atoms with Gasteiger partial charge in [0.25, 0.3) is 0 Å². The van der Waals surface area contributed by atoms with Gasteiger partial charge in [-0.3, -0.25) is 9.69 Å². The smallest absolute Gasteiger partial charge is 0.220 e. The molecule has 1 heterocycles. The fraction of sp³-hybridized carbons (Fsp3) is 0.652. The molecule has 1 aromatic rings. The zero-order valence-electron chi connectivity index (χ0n) is 17.9. The number of nitrogens with one attached hydrogen (secondary N) is 1. The number of amides is 1. The van der Waals surface area contributed by atoms with E-state index in [1.807, 2.05) is 4.90 Å². The molecule has 0 unspecified atom stereocenters. The summed E-state index contributed by atoms with van der Waals surface area (Å²) in [7, 11) is 0. The van der Waals surface area contributed by atoms with E-state index < -0.39 is 16.7 Å². The highest BCUT2D eigenvalue weighted by molar-refractivity contribution is 6.31. The molecule has 0 atom stereocenters. The zero-order valence-corrected chi connectivity index (χ0v) is 18.6. The van der Waals surface area contributed by atoms with Crippen molar-refractivity contribution >= 4 is 23.2 Å². The number of rotatable bonds is 8.